The molecule has 0 unspecified atom stereocenters. The van der Waals surface area contributed by atoms with E-state index < -0.39 is 12.0 Å². The normalized spacial score (nSPS) is 11.8. The van der Waals surface area contributed by atoms with Crippen LogP contribution in [-0.2, 0) is 12.8 Å². The number of alkyl halides is 3. The second kappa shape index (κ2) is 9.07. The highest BCUT2D eigenvalue weighted by Gasteiger charge is 2.37. The van der Waals surface area contributed by atoms with E-state index in [1.165, 1.54) is 13.3 Å². The van der Waals surface area contributed by atoms with Crippen molar-refractivity contribution in [2.75, 3.05) is 7.11 Å². The Labute approximate surface area is 183 Å². The molecule has 2 aromatic carbocycles. The highest BCUT2D eigenvalue weighted by Crippen LogP contribution is 2.31. The molecule has 0 saturated carbocycles. The number of ether oxygens (including phenoxy) is 2. The van der Waals surface area contributed by atoms with Crippen molar-refractivity contribution in [2.45, 2.75) is 12.8 Å². The molecule has 0 saturated heterocycles. The SMILES string of the molecule is COc1cc(/C=N/n2c(C(F)(F)F)n[nH]c2=S)ccc1OCc1c(Cl)cccc1Cl. The molecule has 3 aromatic rings. The Morgan fingerprint density at radius 3 is 2.53 bits per heavy atom. The highest BCUT2D eigenvalue weighted by atomic mass is 35.5. The van der Waals surface area contributed by atoms with Crippen LogP contribution in [0.2, 0.25) is 10.0 Å². The third-order valence-corrected chi connectivity index (χ3v) is 4.82. The maximum Gasteiger partial charge on any atom is 0.453 e. The van der Waals surface area contributed by atoms with Crippen LogP contribution in [-0.4, -0.2) is 28.2 Å². The highest BCUT2D eigenvalue weighted by molar-refractivity contribution is 7.71. The Balaban J connectivity index is 1.82. The summed E-state index contributed by atoms with van der Waals surface area (Å²) in [6, 6.07) is 9.83. The lowest BCUT2D eigenvalue weighted by Crippen LogP contribution is -2.12. The molecule has 0 amide bonds. The molecular weight excluding hydrogens is 464 g/mol. The first-order chi connectivity index (χ1) is 14.2. The number of methoxy groups -OCH3 is 1. The molecule has 0 aliphatic carbocycles. The number of rotatable bonds is 6. The summed E-state index contributed by atoms with van der Waals surface area (Å²) in [4.78, 5) is 0. The number of aromatic amines is 1. The molecule has 0 spiro atoms. The van der Waals surface area contributed by atoms with Gasteiger partial charge in [-0.05, 0) is 48.1 Å². The lowest BCUT2D eigenvalue weighted by atomic mass is 10.2. The van der Waals surface area contributed by atoms with Gasteiger partial charge in [0.05, 0.1) is 13.3 Å². The van der Waals surface area contributed by atoms with Crippen LogP contribution in [0.15, 0.2) is 41.5 Å². The Morgan fingerprint density at radius 2 is 1.90 bits per heavy atom. The summed E-state index contributed by atoms with van der Waals surface area (Å²) in [5, 5.41) is 9.91. The first-order valence-corrected chi connectivity index (χ1v) is 9.40. The number of H-pyrrole nitrogens is 1. The minimum Gasteiger partial charge on any atom is -0.493 e. The van der Waals surface area contributed by atoms with Crippen molar-refractivity contribution < 1.29 is 22.6 Å². The molecule has 3 rings (SSSR count). The molecule has 0 aliphatic heterocycles. The minimum absolute atomic E-state index is 0.0986. The van der Waals surface area contributed by atoms with E-state index >= 15 is 0 Å². The lowest BCUT2D eigenvalue weighted by Gasteiger charge is -2.13. The van der Waals surface area contributed by atoms with Gasteiger partial charge in [-0.3, -0.25) is 0 Å². The van der Waals surface area contributed by atoms with Gasteiger partial charge >= 0.3 is 6.18 Å². The van der Waals surface area contributed by atoms with Gasteiger partial charge in [0.2, 0.25) is 4.77 Å². The van der Waals surface area contributed by atoms with Gasteiger partial charge in [0.25, 0.3) is 5.82 Å². The van der Waals surface area contributed by atoms with Crippen LogP contribution in [0.1, 0.15) is 17.0 Å². The molecule has 12 heteroatoms. The number of nitrogens with zero attached hydrogens (tertiary/aromatic N) is 3. The molecule has 158 valence electrons. The fourth-order valence-electron chi connectivity index (χ4n) is 2.41. The number of hydrogen-bond acceptors (Lipinski definition) is 5. The summed E-state index contributed by atoms with van der Waals surface area (Å²) in [6.45, 7) is 0.0986. The van der Waals surface area contributed by atoms with E-state index in [0.717, 1.165) is 0 Å². The first-order valence-electron chi connectivity index (χ1n) is 8.23. The smallest absolute Gasteiger partial charge is 0.453 e. The molecule has 0 radical (unpaired) electrons. The fourth-order valence-corrected chi connectivity index (χ4v) is 3.10. The molecule has 1 N–H and O–H groups in total. The van der Waals surface area contributed by atoms with Crippen molar-refractivity contribution in [3.8, 4) is 11.5 Å². The third kappa shape index (κ3) is 4.94. The molecule has 0 aliphatic rings. The van der Waals surface area contributed by atoms with Crippen molar-refractivity contribution in [3.05, 3.63) is 68.2 Å². The summed E-state index contributed by atoms with van der Waals surface area (Å²) in [5.74, 6) is -0.525. The maximum atomic E-state index is 13.0. The lowest BCUT2D eigenvalue weighted by molar-refractivity contribution is -0.147. The van der Waals surface area contributed by atoms with Gasteiger partial charge < -0.3 is 9.47 Å². The van der Waals surface area contributed by atoms with E-state index in [0.29, 0.717) is 37.3 Å². The second-order valence-corrected chi connectivity index (χ2v) is 7.01. The van der Waals surface area contributed by atoms with Crippen LogP contribution in [0, 0.1) is 4.77 Å². The average molecular weight is 477 g/mol. The summed E-state index contributed by atoms with van der Waals surface area (Å²) < 4.78 is 50.1. The van der Waals surface area contributed by atoms with Gasteiger partial charge in [0, 0.05) is 15.6 Å². The van der Waals surface area contributed by atoms with Crippen LogP contribution < -0.4 is 9.47 Å². The van der Waals surface area contributed by atoms with Gasteiger partial charge in [-0.1, -0.05) is 29.3 Å². The summed E-state index contributed by atoms with van der Waals surface area (Å²) >= 11 is 17.1. The van der Waals surface area contributed by atoms with Crippen LogP contribution >= 0.6 is 35.4 Å². The van der Waals surface area contributed by atoms with Gasteiger partial charge in [0.15, 0.2) is 11.5 Å². The van der Waals surface area contributed by atoms with Crippen molar-refractivity contribution in [2.24, 2.45) is 5.10 Å². The monoisotopic (exact) mass is 476 g/mol. The van der Waals surface area contributed by atoms with E-state index in [1.807, 2.05) is 0 Å². The Morgan fingerprint density at radius 1 is 1.20 bits per heavy atom. The van der Waals surface area contributed by atoms with Gasteiger partial charge in [0.1, 0.15) is 6.61 Å². The number of aromatic nitrogens is 3. The molecule has 1 aromatic heterocycles. The van der Waals surface area contributed by atoms with E-state index in [-0.39, 0.29) is 11.4 Å². The fraction of sp³-hybridized carbons (Fsp3) is 0.167. The van der Waals surface area contributed by atoms with Crippen LogP contribution in [0.5, 0.6) is 11.5 Å². The quantitative estimate of drug-likeness (QED) is 0.364. The molecular formula is C18H13Cl2F3N4O2S. The van der Waals surface area contributed by atoms with Crippen LogP contribution in [0.4, 0.5) is 13.2 Å². The van der Waals surface area contributed by atoms with E-state index in [1.54, 1.807) is 36.4 Å². The van der Waals surface area contributed by atoms with Crippen molar-refractivity contribution in [1.82, 2.24) is 14.9 Å². The third-order valence-electron chi connectivity index (χ3n) is 3.85. The van der Waals surface area contributed by atoms with Gasteiger partial charge in [-0.15, -0.1) is 5.10 Å². The first kappa shape index (κ1) is 22.1. The zero-order valence-electron chi connectivity index (χ0n) is 15.2. The average Bonchev–Trinajstić information content (AvgIpc) is 3.07. The number of halogens is 5. The number of hydrogen-bond donors (Lipinski definition) is 1. The molecule has 0 atom stereocenters. The summed E-state index contributed by atoms with van der Waals surface area (Å²) in [6.07, 6.45) is -3.52. The molecule has 30 heavy (non-hydrogen) atoms. The topological polar surface area (TPSA) is 64.4 Å². The standard InChI is InChI=1S/C18H13Cl2F3N4O2S/c1-28-15-7-10(8-24-27-16(18(21,22)23)25-26-17(27)30)5-6-14(15)29-9-11-12(19)3-2-4-13(11)20/h2-8H,9H2,1H3,(H,26,30)/b24-8+. The van der Waals surface area contributed by atoms with E-state index in [4.69, 9.17) is 44.9 Å². The largest absolute Gasteiger partial charge is 0.493 e. The Kier molecular flexibility index (Phi) is 6.69. The van der Waals surface area contributed by atoms with Crippen molar-refractivity contribution in [1.29, 1.82) is 0 Å². The maximum absolute atomic E-state index is 13.0. The van der Waals surface area contributed by atoms with Gasteiger partial charge in [-0.25, -0.2) is 5.10 Å². The molecule has 6 nitrogen and oxygen atoms in total. The zero-order valence-corrected chi connectivity index (χ0v) is 17.5. The van der Waals surface area contributed by atoms with Gasteiger partial charge in [-0.2, -0.15) is 22.9 Å². The number of benzene rings is 2. The van der Waals surface area contributed by atoms with E-state index in [9.17, 15) is 13.2 Å². The predicted molar refractivity (Wildman–Crippen MR) is 109 cm³/mol. The molecule has 0 bridgehead atoms. The Hall–Kier alpha value is -2.56. The summed E-state index contributed by atoms with van der Waals surface area (Å²) in [7, 11) is 1.43. The minimum atomic E-state index is -4.71. The van der Waals surface area contributed by atoms with Crippen LogP contribution in [0.3, 0.4) is 0 Å². The number of nitrogens with one attached hydrogen (secondary N) is 1. The Bertz CT molecular complexity index is 1120. The molecule has 1 heterocycles. The summed E-state index contributed by atoms with van der Waals surface area (Å²) in [5.41, 5.74) is 1.06. The predicted octanol–water partition coefficient (Wildman–Crippen LogP) is 5.74. The zero-order chi connectivity index (χ0) is 21.9. The van der Waals surface area contributed by atoms with Crippen molar-refractivity contribution >= 4 is 41.6 Å². The van der Waals surface area contributed by atoms with E-state index in [2.05, 4.69) is 15.3 Å². The molecule has 0 fully saturated rings. The van der Waals surface area contributed by atoms with Crippen LogP contribution in [0.25, 0.3) is 0 Å². The van der Waals surface area contributed by atoms with Crippen molar-refractivity contribution in [3.63, 3.8) is 0 Å². The second-order valence-electron chi connectivity index (χ2n) is 5.81.